The van der Waals surface area contributed by atoms with Crippen LogP contribution < -0.4 is 5.73 Å². The standard InChI is InChI=1S/C9H7Br2N3S/c10-6-1-5(2-7(11)3-6)9-14-13-8(4-12)15-9/h1-3H,4,12H2. The molecule has 0 aliphatic rings. The van der Waals surface area contributed by atoms with Gasteiger partial charge in [-0.05, 0) is 18.2 Å². The van der Waals surface area contributed by atoms with E-state index in [-0.39, 0.29) is 0 Å². The predicted octanol–water partition coefficient (Wildman–Crippen LogP) is 3.19. The summed E-state index contributed by atoms with van der Waals surface area (Å²) in [5.41, 5.74) is 6.53. The molecule has 0 bridgehead atoms. The van der Waals surface area contributed by atoms with Gasteiger partial charge in [-0.2, -0.15) is 0 Å². The summed E-state index contributed by atoms with van der Waals surface area (Å²) in [6, 6.07) is 5.99. The zero-order valence-electron chi connectivity index (χ0n) is 7.58. The van der Waals surface area contributed by atoms with E-state index in [1.807, 2.05) is 18.2 Å². The van der Waals surface area contributed by atoms with Crippen molar-refractivity contribution in [2.24, 2.45) is 5.73 Å². The van der Waals surface area contributed by atoms with E-state index in [0.717, 1.165) is 24.5 Å². The second-order valence-electron chi connectivity index (χ2n) is 2.86. The predicted molar refractivity (Wildman–Crippen MR) is 68.6 cm³/mol. The number of nitrogens with zero attached hydrogens (tertiary/aromatic N) is 2. The molecule has 0 aliphatic carbocycles. The van der Waals surface area contributed by atoms with Crippen LogP contribution in [0.25, 0.3) is 10.6 Å². The average Bonchev–Trinajstić information content (AvgIpc) is 2.64. The van der Waals surface area contributed by atoms with Gasteiger partial charge in [-0.3, -0.25) is 0 Å². The second kappa shape index (κ2) is 4.69. The largest absolute Gasteiger partial charge is 0.324 e. The Kier molecular flexibility index (Phi) is 3.50. The average molecular weight is 349 g/mol. The molecule has 0 aliphatic heterocycles. The quantitative estimate of drug-likeness (QED) is 0.906. The zero-order valence-corrected chi connectivity index (χ0v) is 11.6. The maximum Gasteiger partial charge on any atom is 0.147 e. The first kappa shape index (κ1) is 11.2. The van der Waals surface area contributed by atoms with Crippen molar-refractivity contribution >= 4 is 43.2 Å². The third-order valence-corrected chi connectivity index (χ3v) is 3.66. The van der Waals surface area contributed by atoms with Crippen molar-refractivity contribution < 1.29 is 0 Å². The second-order valence-corrected chi connectivity index (χ2v) is 5.76. The number of hydrogen-bond donors (Lipinski definition) is 1. The lowest BCUT2D eigenvalue weighted by Crippen LogP contribution is -1.94. The van der Waals surface area contributed by atoms with Crippen molar-refractivity contribution in [3.05, 3.63) is 32.2 Å². The van der Waals surface area contributed by atoms with E-state index < -0.39 is 0 Å². The highest BCUT2D eigenvalue weighted by Crippen LogP contribution is 2.29. The summed E-state index contributed by atoms with van der Waals surface area (Å²) in [6.45, 7) is 0.437. The van der Waals surface area contributed by atoms with Crippen LogP contribution in [0, 0.1) is 0 Å². The maximum absolute atomic E-state index is 5.49. The van der Waals surface area contributed by atoms with E-state index in [4.69, 9.17) is 5.73 Å². The van der Waals surface area contributed by atoms with Crippen LogP contribution in [0.3, 0.4) is 0 Å². The van der Waals surface area contributed by atoms with Gasteiger partial charge in [0.05, 0.1) is 0 Å². The topological polar surface area (TPSA) is 51.8 Å². The van der Waals surface area contributed by atoms with Gasteiger partial charge >= 0.3 is 0 Å². The number of aromatic nitrogens is 2. The molecule has 15 heavy (non-hydrogen) atoms. The summed E-state index contributed by atoms with van der Waals surface area (Å²) in [6.07, 6.45) is 0. The molecule has 1 heterocycles. The van der Waals surface area contributed by atoms with Gasteiger partial charge in [-0.15, -0.1) is 10.2 Å². The fourth-order valence-electron chi connectivity index (χ4n) is 1.13. The number of halogens is 2. The van der Waals surface area contributed by atoms with E-state index in [0.29, 0.717) is 6.54 Å². The number of benzene rings is 1. The Morgan fingerprint density at radius 3 is 2.33 bits per heavy atom. The highest BCUT2D eigenvalue weighted by atomic mass is 79.9. The van der Waals surface area contributed by atoms with Crippen molar-refractivity contribution in [3.63, 3.8) is 0 Å². The lowest BCUT2D eigenvalue weighted by Gasteiger charge is -1.98. The first-order valence-corrected chi connectivity index (χ1v) is 6.58. The minimum atomic E-state index is 0.437. The van der Waals surface area contributed by atoms with Crippen LogP contribution in [-0.2, 0) is 6.54 Å². The third kappa shape index (κ3) is 2.63. The van der Waals surface area contributed by atoms with Gasteiger partial charge in [-0.25, -0.2) is 0 Å². The molecular formula is C9H7Br2N3S. The van der Waals surface area contributed by atoms with Crippen LogP contribution in [0.15, 0.2) is 27.1 Å². The molecule has 2 N–H and O–H groups in total. The van der Waals surface area contributed by atoms with Crippen LogP contribution in [0.5, 0.6) is 0 Å². The van der Waals surface area contributed by atoms with E-state index in [9.17, 15) is 0 Å². The zero-order chi connectivity index (χ0) is 10.8. The molecule has 6 heteroatoms. The molecule has 3 nitrogen and oxygen atoms in total. The summed E-state index contributed by atoms with van der Waals surface area (Å²) in [5.74, 6) is 0. The van der Waals surface area contributed by atoms with Crippen molar-refractivity contribution in [2.45, 2.75) is 6.54 Å². The first-order chi connectivity index (χ1) is 7.19. The number of nitrogens with two attached hydrogens (primary N) is 1. The minimum absolute atomic E-state index is 0.437. The first-order valence-electron chi connectivity index (χ1n) is 4.18. The highest BCUT2D eigenvalue weighted by molar-refractivity contribution is 9.11. The number of rotatable bonds is 2. The summed E-state index contributed by atoms with van der Waals surface area (Å²) in [5, 5.41) is 9.80. The molecule has 0 unspecified atom stereocenters. The molecule has 0 radical (unpaired) electrons. The third-order valence-electron chi connectivity index (χ3n) is 1.75. The summed E-state index contributed by atoms with van der Waals surface area (Å²) in [4.78, 5) is 0. The van der Waals surface area contributed by atoms with Crippen molar-refractivity contribution in [1.82, 2.24) is 10.2 Å². The minimum Gasteiger partial charge on any atom is -0.324 e. The van der Waals surface area contributed by atoms with Gasteiger partial charge in [0.2, 0.25) is 0 Å². The highest BCUT2D eigenvalue weighted by Gasteiger charge is 2.06. The Balaban J connectivity index is 2.44. The van der Waals surface area contributed by atoms with Gasteiger partial charge < -0.3 is 5.73 Å². The fourth-order valence-corrected chi connectivity index (χ4v) is 3.13. The molecular weight excluding hydrogens is 342 g/mol. The van der Waals surface area contributed by atoms with Crippen LogP contribution in [0.2, 0.25) is 0 Å². The van der Waals surface area contributed by atoms with Crippen LogP contribution in [-0.4, -0.2) is 10.2 Å². The van der Waals surface area contributed by atoms with E-state index >= 15 is 0 Å². The molecule has 2 rings (SSSR count). The molecule has 0 saturated carbocycles. The lowest BCUT2D eigenvalue weighted by atomic mass is 10.2. The summed E-state index contributed by atoms with van der Waals surface area (Å²) >= 11 is 8.39. The molecule has 78 valence electrons. The molecule has 0 spiro atoms. The Morgan fingerprint density at radius 2 is 1.80 bits per heavy atom. The molecule has 0 atom stereocenters. The Hall–Kier alpha value is -0.300. The van der Waals surface area contributed by atoms with Gasteiger partial charge in [-0.1, -0.05) is 43.2 Å². The van der Waals surface area contributed by atoms with Crippen LogP contribution in [0.1, 0.15) is 5.01 Å². The molecule has 1 aromatic carbocycles. The van der Waals surface area contributed by atoms with Crippen molar-refractivity contribution in [3.8, 4) is 10.6 Å². The molecule has 0 saturated heterocycles. The molecule has 1 aromatic heterocycles. The smallest absolute Gasteiger partial charge is 0.147 e. The van der Waals surface area contributed by atoms with Crippen molar-refractivity contribution in [2.75, 3.05) is 0 Å². The molecule has 0 fully saturated rings. The SMILES string of the molecule is NCc1nnc(-c2cc(Br)cc(Br)c2)s1. The maximum atomic E-state index is 5.49. The molecule has 0 amide bonds. The van der Waals surface area contributed by atoms with E-state index in [1.54, 1.807) is 0 Å². The summed E-state index contributed by atoms with van der Waals surface area (Å²) in [7, 11) is 0. The van der Waals surface area contributed by atoms with E-state index in [2.05, 4.69) is 42.1 Å². The fraction of sp³-hybridized carbons (Fsp3) is 0.111. The normalized spacial score (nSPS) is 10.6. The monoisotopic (exact) mass is 347 g/mol. The van der Waals surface area contributed by atoms with Gasteiger partial charge in [0.1, 0.15) is 10.0 Å². The van der Waals surface area contributed by atoms with Gasteiger partial charge in [0.15, 0.2) is 0 Å². The number of hydrogen-bond acceptors (Lipinski definition) is 4. The van der Waals surface area contributed by atoms with Gasteiger partial charge in [0, 0.05) is 21.1 Å². The van der Waals surface area contributed by atoms with Crippen molar-refractivity contribution in [1.29, 1.82) is 0 Å². The van der Waals surface area contributed by atoms with Gasteiger partial charge in [0.25, 0.3) is 0 Å². The summed E-state index contributed by atoms with van der Waals surface area (Å²) < 4.78 is 2.02. The Bertz CT molecular complexity index is 464. The Morgan fingerprint density at radius 1 is 1.13 bits per heavy atom. The van der Waals surface area contributed by atoms with Crippen LogP contribution in [0.4, 0.5) is 0 Å². The lowest BCUT2D eigenvalue weighted by molar-refractivity contribution is 0.960. The Labute approximate surface area is 108 Å². The van der Waals surface area contributed by atoms with E-state index in [1.165, 1.54) is 11.3 Å². The molecule has 2 aromatic rings. The van der Waals surface area contributed by atoms with Crippen LogP contribution >= 0.6 is 43.2 Å².